The molecule has 1 aliphatic heterocycles. The van der Waals surface area contributed by atoms with Gasteiger partial charge in [0.2, 0.25) is 0 Å². The first-order valence-electron chi connectivity index (χ1n) is 4.50. The van der Waals surface area contributed by atoms with Crippen molar-refractivity contribution >= 4 is 0 Å². The standard InChI is InChI=1S/C11H14O2/c1-11(2)7-13-6-8-4-3-5-9(12)10(8)11/h3-5,12H,6-7H2,1-2H3. The van der Waals surface area contributed by atoms with E-state index in [1.165, 1.54) is 0 Å². The molecule has 1 heterocycles. The highest BCUT2D eigenvalue weighted by Gasteiger charge is 2.30. The van der Waals surface area contributed by atoms with Crippen molar-refractivity contribution in [2.75, 3.05) is 6.61 Å². The summed E-state index contributed by atoms with van der Waals surface area (Å²) in [6.07, 6.45) is 0. The number of phenols is 1. The van der Waals surface area contributed by atoms with Gasteiger partial charge in [-0.3, -0.25) is 0 Å². The molecule has 0 radical (unpaired) electrons. The van der Waals surface area contributed by atoms with Gasteiger partial charge in [0.15, 0.2) is 0 Å². The van der Waals surface area contributed by atoms with Gasteiger partial charge in [0.05, 0.1) is 13.2 Å². The van der Waals surface area contributed by atoms with E-state index in [-0.39, 0.29) is 5.41 Å². The van der Waals surface area contributed by atoms with E-state index in [4.69, 9.17) is 4.74 Å². The van der Waals surface area contributed by atoms with E-state index in [1.54, 1.807) is 6.07 Å². The summed E-state index contributed by atoms with van der Waals surface area (Å²) in [6.45, 7) is 5.47. The lowest BCUT2D eigenvalue weighted by Crippen LogP contribution is -2.30. The molecular formula is C11H14O2. The zero-order valence-electron chi connectivity index (χ0n) is 8.00. The van der Waals surface area contributed by atoms with Gasteiger partial charge in [0.1, 0.15) is 5.75 Å². The van der Waals surface area contributed by atoms with Crippen molar-refractivity contribution in [3.8, 4) is 5.75 Å². The summed E-state index contributed by atoms with van der Waals surface area (Å²) in [6, 6.07) is 5.61. The van der Waals surface area contributed by atoms with Crippen LogP contribution in [-0.2, 0) is 16.8 Å². The van der Waals surface area contributed by atoms with E-state index >= 15 is 0 Å². The van der Waals surface area contributed by atoms with E-state index in [2.05, 4.69) is 13.8 Å². The fourth-order valence-corrected chi connectivity index (χ4v) is 1.98. The van der Waals surface area contributed by atoms with Crippen molar-refractivity contribution in [2.45, 2.75) is 25.9 Å². The summed E-state index contributed by atoms with van der Waals surface area (Å²) < 4.78 is 5.46. The van der Waals surface area contributed by atoms with E-state index in [0.29, 0.717) is 19.0 Å². The van der Waals surface area contributed by atoms with E-state index in [0.717, 1.165) is 11.1 Å². The van der Waals surface area contributed by atoms with Crippen LogP contribution in [0.5, 0.6) is 5.75 Å². The van der Waals surface area contributed by atoms with Gasteiger partial charge >= 0.3 is 0 Å². The van der Waals surface area contributed by atoms with Crippen molar-refractivity contribution in [3.05, 3.63) is 29.3 Å². The van der Waals surface area contributed by atoms with Crippen molar-refractivity contribution in [2.24, 2.45) is 0 Å². The van der Waals surface area contributed by atoms with E-state index in [1.807, 2.05) is 12.1 Å². The Labute approximate surface area is 78.2 Å². The minimum atomic E-state index is -0.0705. The highest BCUT2D eigenvalue weighted by molar-refractivity contribution is 5.45. The van der Waals surface area contributed by atoms with Gasteiger partial charge in [-0.05, 0) is 11.6 Å². The second-order valence-electron chi connectivity index (χ2n) is 4.19. The number of fused-ring (bicyclic) bond motifs is 1. The maximum atomic E-state index is 9.74. The first-order valence-corrected chi connectivity index (χ1v) is 4.50. The third-order valence-electron chi connectivity index (χ3n) is 2.53. The normalized spacial score (nSPS) is 19.5. The number of hydrogen-bond donors (Lipinski definition) is 1. The quantitative estimate of drug-likeness (QED) is 0.660. The van der Waals surface area contributed by atoms with Crippen LogP contribution in [0.15, 0.2) is 18.2 Å². The van der Waals surface area contributed by atoms with Crippen LogP contribution in [0, 0.1) is 0 Å². The molecule has 0 aromatic heterocycles. The molecule has 0 saturated carbocycles. The maximum absolute atomic E-state index is 9.74. The van der Waals surface area contributed by atoms with Crippen LogP contribution in [0.4, 0.5) is 0 Å². The highest BCUT2D eigenvalue weighted by Crippen LogP contribution is 2.37. The minimum absolute atomic E-state index is 0.0705. The van der Waals surface area contributed by atoms with Crippen LogP contribution < -0.4 is 0 Å². The first kappa shape index (κ1) is 8.57. The molecule has 0 unspecified atom stereocenters. The van der Waals surface area contributed by atoms with E-state index in [9.17, 15) is 5.11 Å². The maximum Gasteiger partial charge on any atom is 0.119 e. The molecule has 1 aromatic rings. The monoisotopic (exact) mass is 178 g/mol. The molecule has 1 N–H and O–H groups in total. The smallest absolute Gasteiger partial charge is 0.119 e. The summed E-state index contributed by atoms with van der Waals surface area (Å²) >= 11 is 0. The average molecular weight is 178 g/mol. The minimum Gasteiger partial charge on any atom is -0.508 e. The largest absolute Gasteiger partial charge is 0.508 e. The molecule has 0 spiro atoms. The molecule has 13 heavy (non-hydrogen) atoms. The Bertz CT molecular complexity index is 329. The Kier molecular flexibility index (Phi) is 1.81. The van der Waals surface area contributed by atoms with Gasteiger partial charge in [0, 0.05) is 11.0 Å². The van der Waals surface area contributed by atoms with Gasteiger partial charge in [-0.25, -0.2) is 0 Å². The molecular weight excluding hydrogens is 164 g/mol. The van der Waals surface area contributed by atoms with Crippen molar-refractivity contribution in [1.82, 2.24) is 0 Å². The third-order valence-corrected chi connectivity index (χ3v) is 2.53. The Morgan fingerprint density at radius 1 is 1.38 bits per heavy atom. The Hall–Kier alpha value is -1.02. The van der Waals surface area contributed by atoms with E-state index < -0.39 is 0 Å². The first-order chi connectivity index (χ1) is 6.11. The lowest BCUT2D eigenvalue weighted by molar-refractivity contribution is 0.0627. The van der Waals surface area contributed by atoms with Gasteiger partial charge in [0.25, 0.3) is 0 Å². The lowest BCUT2D eigenvalue weighted by atomic mass is 9.80. The number of ether oxygens (including phenoxy) is 1. The van der Waals surface area contributed by atoms with Crippen molar-refractivity contribution < 1.29 is 9.84 Å². The molecule has 2 nitrogen and oxygen atoms in total. The summed E-state index contributed by atoms with van der Waals surface area (Å²) in [5.74, 6) is 0.394. The molecule has 0 atom stereocenters. The zero-order chi connectivity index (χ0) is 9.47. The van der Waals surface area contributed by atoms with Gasteiger partial charge in [-0.1, -0.05) is 26.0 Å². The molecule has 1 aromatic carbocycles. The molecule has 2 heteroatoms. The Balaban J connectivity index is 2.61. The second kappa shape index (κ2) is 2.74. The predicted octanol–water partition coefficient (Wildman–Crippen LogP) is 2.20. The number of rotatable bonds is 0. The average Bonchev–Trinajstić information content (AvgIpc) is 2.02. The molecule has 1 aliphatic rings. The SMILES string of the molecule is CC1(C)COCc2cccc(O)c21. The van der Waals surface area contributed by atoms with Crippen LogP contribution in [0.2, 0.25) is 0 Å². The second-order valence-corrected chi connectivity index (χ2v) is 4.19. The third kappa shape index (κ3) is 1.31. The number of benzene rings is 1. The van der Waals surface area contributed by atoms with Crippen molar-refractivity contribution in [1.29, 1.82) is 0 Å². The number of phenolic OH excluding ortho intramolecular Hbond substituents is 1. The van der Waals surface area contributed by atoms with Crippen LogP contribution in [0.3, 0.4) is 0 Å². The number of hydrogen-bond acceptors (Lipinski definition) is 2. The molecule has 0 saturated heterocycles. The Morgan fingerprint density at radius 3 is 2.85 bits per heavy atom. The summed E-state index contributed by atoms with van der Waals surface area (Å²) in [4.78, 5) is 0. The predicted molar refractivity (Wildman–Crippen MR) is 50.8 cm³/mol. The molecule has 0 bridgehead atoms. The molecule has 2 rings (SSSR count). The van der Waals surface area contributed by atoms with Gasteiger partial charge in [-0.15, -0.1) is 0 Å². The molecule has 0 amide bonds. The molecule has 70 valence electrons. The van der Waals surface area contributed by atoms with Crippen LogP contribution in [0.25, 0.3) is 0 Å². The number of aromatic hydroxyl groups is 1. The fraction of sp³-hybridized carbons (Fsp3) is 0.455. The van der Waals surface area contributed by atoms with Crippen LogP contribution in [-0.4, -0.2) is 11.7 Å². The van der Waals surface area contributed by atoms with Gasteiger partial charge < -0.3 is 9.84 Å². The Morgan fingerprint density at radius 2 is 2.15 bits per heavy atom. The van der Waals surface area contributed by atoms with Crippen LogP contribution in [0.1, 0.15) is 25.0 Å². The summed E-state index contributed by atoms with van der Waals surface area (Å²) in [5.41, 5.74) is 2.08. The summed E-state index contributed by atoms with van der Waals surface area (Å²) in [5, 5.41) is 9.74. The van der Waals surface area contributed by atoms with Crippen molar-refractivity contribution in [3.63, 3.8) is 0 Å². The molecule has 0 fully saturated rings. The lowest BCUT2D eigenvalue weighted by Gasteiger charge is -2.32. The topological polar surface area (TPSA) is 29.5 Å². The fourth-order valence-electron chi connectivity index (χ4n) is 1.98. The highest BCUT2D eigenvalue weighted by atomic mass is 16.5. The van der Waals surface area contributed by atoms with Crippen LogP contribution >= 0.6 is 0 Å². The summed E-state index contributed by atoms with van der Waals surface area (Å²) in [7, 11) is 0. The molecule has 0 aliphatic carbocycles. The van der Waals surface area contributed by atoms with Gasteiger partial charge in [-0.2, -0.15) is 0 Å². The zero-order valence-corrected chi connectivity index (χ0v) is 8.00.